The summed E-state index contributed by atoms with van der Waals surface area (Å²) in [6.07, 6.45) is -3.10. The van der Waals surface area contributed by atoms with Gasteiger partial charge in [-0.25, -0.2) is 4.98 Å². The van der Waals surface area contributed by atoms with Crippen LogP contribution in [0.4, 0.5) is 13.2 Å². The number of fused-ring (bicyclic) bond motifs is 1. The lowest BCUT2D eigenvalue weighted by Crippen LogP contribution is -2.23. The standard InChI is InChI=1S/C9H7F3N2OS/c1-4-3-14-7(15)5(2)6(9(10,11)12)13-8(14)16-4/h3H,1-2H3. The minimum absolute atomic E-state index is 0.0698. The maximum atomic E-state index is 12.6. The second-order valence-corrected chi connectivity index (χ2v) is 4.60. The fourth-order valence-electron chi connectivity index (χ4n) is 1.42. The number of halogens is 3. The summed E-state index contributed by atoms with van der Waals surface area (Å²) >= 11 is 1.06. The molecule has 0 saturated carbocycles. The summed E-state index contributed by atoms with van der Waals surface area (Å²) in [7, 11) is 0. The van der Waals surface area contributed by atoms with E-state index in [1.807, 2.05) is 0 Å². The van der Waals surface area contributed by atoms with Crippen LogP contribution in [0.25, 0.3) is 4.96 Å². The van der Waals surface area contributed by atoms with Crippen LogP contribution < -0.4 is 5.56 Å². The van der Waals surface area contributed by atoms with Gasteiger partial charge in [0, 0.05) is 16.6 Å². The molecule has 2 aromatic rings. The number of nitrogens with zero attached hydrogens (tertiary/aromatic N) is 2. The van der Waals surface area contributed by atoms with Gasteiger partial charge in [0.25, 0.3) is 5.56 Å². The molecule has 3 nitrogen and oxygen atoms in total. The summed E-state index contributed by atoms with van der Waals surface area (Å²) in [5.74, 6) is 0. The molecule has 0 fully saturated rings. The van der Waals surface area contributed by atoms with Gasteiger partial charge in [-0.15, -0.1) is 11.3 Å². The summed E-state index contributed by atoms with van der Waals surface area (Å²) in [5, 5.41) is 0. The van der Waals surface area contributed by atoms with Crippen molar-refractivity contribution in [2.45, 2.75) is 20.0 Å². The highest BCUT2D eigenvalue weighted by atomic mass is 32.1. The summed E-state index contributed by atoms with van der Waals surface area (Å²) in [6.45, 7) is 2.85. The van der Waals surface area contributed by atoms with E-state index in [9.17, 15) is 18.0 Å². The molecule has 86 valence electrons. The van der Waals surface area contributed by atoms with Gasteiger partial charge in [-0.1, -0.05) is 0 Å². The Bertz CT molecular complexity index is 611. The van der Waals surface area contributed by atoms with E-state index >= 15 is 0 Å². The first kappa shape index (κ1) is 11.1. The average molecular weight is 248 g/mol. The van der Waals surface area contributed by atoms with Gasteiger partial charge in [0.15, 0.2) is 10.7 Å². The number of rotatable bonds is 0. The van der Waals surface area contributed by atoms with E-state index < -0.39 is 17.4 Å². The third kappa shape index (κ3) is 1.60. The van der Waals surface area contributed by atoms with E-state index in [0.29, 0.717) is 0 Å². The molecule has 0 aliphatic rings. The normalized spacial score (nSPS) is 12.3. The molecule has 0 bridgehead atoms. The molecule has 2 heterocycles. The highest BCUT2D eigenvalue weighted by Gasteiger charge is 2.36. The molecule has 2 rings (SSSR count). The molecule has 7 heteroatoms. The third-order valence-electron chi connectivity index (χ3n) is 2.14. The van der Waals surface area contributed by atoms with Crippen molar-refractivity contribution in [3.8, 4) is 0 Å². The van der Waals surface area contributed by atoms with Gasteiger partial charge >= 0.3 is 6.18 Å². The molecular formula is C9H7F3N2OS. The van der Waals surface area contributed by atoms with Crippen molar-refractivity contribution in [1.82, 2.24) is 9.38 Å². The first-order valence-corrected chi connectivity index (χ1v) is 5.19. The SMILES string of the molecule is Cc1cn2c(=O)c(C)c(C(F)(F)F)nc2s1. The summed E-state index contributed by atoms with van der Waals surface area (Å²) < 4.78 is 38.8. The van der Waals surface area contributed by atoms with E-state index in [0.717, 1.165) is 27.5 Å². The fraction of sp³-hybridized carbons (Fsp3) is 0.333. The van der Waals surface area contributed by atoms with Gasteiger partial charge in [0.1, 0.15) is 0 Å². The number of aromatic nitrogens is 2. The first-order valence-electron chi connectivity index (χ1n) is 4.37. The second kappa shape index (κ2) is 3.31. The Balaban J connectivity index is 2.89. The van der Waals surface area contributed by atoms with E-state index in [2.05, 4.69) is 4.98 Å². The van der Waals surface area contributed by atoms with E-state index in [1.165, 1.54) is 6.20 Å². The Hall–Kier alpha value is -1.37. The second-order valence-electron chi connectivity index (χ2n) is 3.38. The molecule has 0 spiro atoms. The monoisotopic (exact) mass is 248 g/mol. The van der Waals surface area contributed by atoms with Crippen LogP contribution in [0.3, 0.4) is 0 Å². The smallest absolute Gasteiger partial charge is 0.269 e. The summed E-state index contributed by atoms with van der Waals surface area (Å²) in [6, 6.07) is 0. The van der Waals surface area contributed by atoms with E-state index in [4.69, 9.17) is 0 Å². The van der Waals surface area contributed by atoms with Crippen LogP contribution in [0.5, 0.6) is 0 Å². The van der Waals surface area contributed by atoms with Gasteiger partial charge in [-0.3, -0.25) is 9.20 Å². The Morgan fingerprint density at radius 1 is 1.38 bits per heavy atom. The van der Waals surface area contributed by atoms with Gasteiger partial charge in [-0.2, -0.15) is 13.2 Å². The lowest BCUT2D eigenvalue weighted by molar-refractivity contribution is -0.141. The van der Waals surface area contributed by atoms with E-state index in [-0.39, 0.29) is 10.5 Å². The van der Waals surface area contributed by atoms with Gasteiger partial charge < -0.3 is 0 Å². The van der Waals surface area contributed by atoms with Crippen LogP contribution in [0.2, 0.25) is 0 Å². The molecule has 0 amide bonds. The Kier molecular flexibility index (Phi) is 2.30. The molecule has 0 aliphatic carbocycles. The van der Waals surface area contributed by atoms with Crippen LogP contribution in [-0.4, -0.2) is 9.38 Å². The van der Waals surface area contributed by atoms with Crippen molar-refractivity contribution in [1.29, 1.82) is 0 Å². The number of aryl methyl sites for hydroxylation is 1. The quantitative estimate of drug-likeness (QED) is 0.717. The Morgan fingerprint density at radius 2 is 2.00 bits per heavy atom. The molecule has 0 aromatic carbocycles. The lowest BCUT2D eigenvalue weighted by atomic mass is 10.2. The lowest BCUT2D eigenvalue weighted by Gasteiger charge is -2.08. The van der Waals surface area contributed by atoms with Crippen molar-refractivity contribution >= 4 is 16.3 Å². The predicted molar refractivity (Wildman–Crippen MR) is 53.8 cm³/mol. The molecule has 0 N–H and O–H groups in total. The van der Waals surface area contributed by atoms with Gasteiger partial charge in [0.05, 0.1) is 0 Å². The number of thiazole rings is 1. The summed E-state index contributed by atoms with van der Waals surface area (Å²) in [5.41, 5.74) is -2.14. The van der Waals surface area contributed by atoms with Gasteiger partial charge in [-0.05, 0) is 13.8 Å². The minimum Gasteiger partial charge on any atom is -0.269 e. The molecule has 0 saturated heterocycles. The molecule has 0 atom stereocenters. The van der Waals surface area contributed by atoms with Crippen molar-refractivity contribution < 1.29 is 13.2 Å². The minimum atomic E-state index is -4.59. The van der Waals surface area contributed by atoms with Gasteiger partial charge in [0.2, 0.25) is 0 Å². The number of alkyl halides is 3. The third-order valence-corrected chi connectivity index (χ3v) is 3.04. The molecule has 0 unspecified atom stereocenters. The van der Waals surface area contributed by atoms with Crippen molar-refractivity contribution in [2.75, 3.05) is 0 Å². The van der Waals surface area contributed by atoms with Crippen LogP contribution in [-0.2, 0) is 6.18 Å². The Morgan fingerprint density at radius 3 is 2.56 bits per heavy atom. The molecule has 0 aliphatic heterocycles. The summed E-state index contributed by atoms with van der Waals surface area (Å²) in [4.78, 5) is 15.9. The fourth-order valence-corrected chi connectivity index (χ4v) is 2.23. The Labute approximate surface area is 92.2 Å². The highest BCUT2D eigenvalue weighted by Crippen LogP contribution is 2.29. The molecule has 2 aromatic heterocycles. The topological polar surface area (TPSA) is 34.4 Å². The maximum Gasteiger partial charge on any atom is 0.433 e. The zero-order chi connectivity index (χ0) is 12.1. The van der Waals surface area contributed by atoms with E-state index in [1.54, 1.807) is 6.92 Å². The zero-order valence-electron chi connectivity index (χ0n) is 8.42. The highest BCUT2D eigenvalue weighted by molar-refractivity contribution is 7.16. The van der Waals surface area contributed by atoms with Crippen LogP contribution in [0, 0.1) is 13.8 Å². The number of hydrogen-bond donors (Lipinski definition) is 0. The number of hydrogen-bond acceptors (Lipinski definition) is 3. The average Bonchev–Trinajstić information content (AvgIpc) is 2.51. The maximum absolute atomic E-state index is 12.6. The van der Waals surface area contributed by atoms with Crippen molar-refractivity contribution in [2.24, 2.45) is 0 Å². The molecular weight excluding hydrogens is 241 g/mol. The van der Waals surface area contributed by atoms with Crippen LogP contribution in [0.1, 0.15) is 16.1 Å². The first-order chi connectivity index (χ1) is 7.30. The molecule has 16 heavy (non-hydrogen) atoms. The van der Waals surface area contributed by atoms with Crippen LogP contribution >= 0.6 is 11.3 Å². The largest absolute Gasteiger partial charge is 0.433 e. The predicted octanol–water partition coefficient (Wildman–Crippen LogP) is 2.39. The van der Waals surface area contributed by atoms with Crippen molar-refractivity contribution in [3.63, 3.8) is 0 Å². The molecule has 0 radical (unpaired) electrons. The van der Waals surface area contributed by atoms with Crippen LogP contribution in [0.15, 0.2) is 11.0 Å². The zero-order valence-corrected chi connectivity index (χ0v) is 9.24. The van der Waals surface area contributed by atoms with Crippen molar-refractivity contribution in [3.05, 3.63) is 32.7 Å².